The van der Waals surface area contributed by atoms with Crippen LogP contribution in [-0.4, -0.2) is 45.2 Å². The molecular formula is C30H46O5. The highest BCUT2D eigenvalue weighted by Gasteiger charge is 2.85. The second-order valence-corrected chi connectivity index (χ2v) is 15.5. The van der Waals surface area contributed by atoms with Gasteiger partial charge in [0, 0.05) is 24.2 Å². The maximum Gasteiger partial charge on any atom is 0.139 e. The number of carbonyl (C=O) groups excluding carboxylic acids is 2. The zero-order chi connectivity index (χ0) is 25.6. The Morgan fingerprint density at radius 3 is 2.26 bits per heavy atom. The fraction of sp³-hybridized carbons (Fsp3) is 0.933. The van der Waals surface area contributed by atoms with Crippen LogP contribution in [0.3, 0.4) is 0 Å². The zero-order valence-electron chi connectivity index (χ0n) is 22.9. The molecule has 5 saturated carbocycles. The molecule has 6 fully saturated rings. The first-order valence-corrected chi connectivity index (χ1v) is 14.1. The standard InChI is InChI=1S/C30H46O5/c1-24(2)20(33)8-11-30-16-29(30)13-12-26(5)23(28(7)10-9-21(35-28)25(3,4)34)18(32)15-27(26,6)19(29)14-17(31)22(24)30/h17,19,21-23,31,34H,8-16H2,1-7H3/t17-,19+,21+,22+,23+,26-,27+,28-,29+,30-/m1/s1. The fourth-order valence-corrected chi connectivity index (χ4v) is 11.6. The highest BCUT2D eigenvalue weighted by atomic mass is 16.5. The van der Waals surface area contributed by atoms with Crippen molar-refractivity contribution in [1.29, 1.82) is 0 Å². The molecule has 6 aliphatic rings. The van der Waals surface area contributed by atoms with Crippen LogP contribution in [0.4, 0.5) is 0 Å². The molecule has 2 spiro atoms. The average molecular weight is 487 g/mol. The van der Waals surface area contributed by atoms with E-state index in [2.05, 4.69) is 34.6 Å². The van der Waals surface area contributed by atoms with Crippen LogP contribution >= 0.6 is 0 Å². The lowest BCUT2D eigenvalue weighted by atomic mass is 9.41. The number of ether oxygens (including phenoxy) is 1. The lowest BCUT2D eigenvalue weighted by Gasteiger charge is -2.63. The molecule has 0 aromatic rings. The summed E-state index contributed by atoms with van der Waals surface area (Å²) in [4.78, 5) is 26.9. The van der Waals surface area contributed by atoms with E-state index >= 15 is 0 Å². The minimum absolute atomic E-state index is 0.0385. The minimum Gasteiger partial charge on any atom is -0.393 e. The summed E-state index contributed by atoms with van der Waals surface area (Å²) in [6, 6.07) is 0. The van der Waals surface area contributed by atoms with Crippen LogP contribution in [0.2, 0.25) is 0 Å². The van der Waals surface area contributed by atoms with Crippen molar-refractivity contribution in [2.75, 3.05) is 0 Å². The first kappa shape index (κ1) is 24.6. The largest absolute Gasteiger partial charge is 0.393 e. The molecule has 35 heavy (non-hydrogen) atoms. The van der Waals surface area contributed by atoms with Crippen LogP contribution in [-0.2, 0) is 14.3 Å². The molecule has 0 amide bonds. The van der Waals surface area contributed by atoms with Crippen LogP contribution in [0.25, 0.3) is 0 Å². The number of Topliss-reactive ketones (excluding diaryl/α,β-unsaturated/α-hetero) is 2. The van der Waals surface area contributed by atoms with E-state index in [-0.39, 0.29) is 39.6 Å². The summed E-state index contributed by atoms with van der Waals surface area (Å²) in [5.74, 6) is 0.781. The van der Waals surface area contributed by atoms with E-state index in [0.717, 1.165) is 38.5 Å². The van der Waals surface area contributed by atoms with Crippen molar-refractivity contribution in [2.24, 2.45) is 44.8 Å². The molecule has 1 saturated heterocycles. The van der Waals surface area contributed by atoms with Gasteiger partial charge in [-0.15, -0.1) is 0 Å². The third-order valence-corrected chi connectivity index (χ3v) is 13.3. The maximum atomic E-state index is 14.0. The molecule has 0 aromatic heterocycles. The number of hydrogen-bond donors (Lipinski definition) is 2. The van der Waals surface area contributed by atoms with Crippen molar-refractivity contribution < 1.29 is 24.5 Å². The molecule has 5 heteroatoms. The average Bonchev–Trinajstić information content (AvgIpc) is 3.08. The van der Waals surface area contributed by atoms with E-state index in [9.17, 15) is 19.8 Å². The van der Waals surface area contributed by atoms with Gasteiger partial charge in [0.25, 0.3) is 0 Å². The zero-order valence-corrected chi connectivity index (χ0v) is 22.9. The second-order valence-electron chi connectivity index (χ2n) is 15.5. The fourth-order valence-electron chi connectivity index (χ4n) is 11.6. The summed E-state index contributed by atoms with van der Waals surface area (Å²) in [5.41, 5.74) is -2.13. The first-order chi connectivity index (χ1) is 16.0. The number of aliphatic hydroxyl groups is 2. The molecule has 0 aromatic carbocycles. The Balaban J connectivity index is 1.38. The van der Waals surface area contributed by atoms with Gasteiger partial charge in [-0.1, -0.05) is 27.7 Å². The van der Waals surface area contributed by atoms with Gasteiger partial charge in [-0.25, -0.2) is 0 Å². The van der Waals surface area contributed by atoms with Gasteiger partial charge in [0.05, 0.1) is 29.3 Å². The molecule has 5 aliphatic carbocycles. The number of aliphatic hydroxyl groups excluding tert-OH is 1. The molecule has 0 bridgehead atoms. The topological polar surface area (TPSA) is 83.8 Å². The van der Waals surface area contributed by atoms with E-state index in [4.69, 9.17) is 4.74 Å². The Kier molecular flexibility index (Phi) is 4.64. The molecule has 0 radical (unpaired) electrons. The maximum absolute atomic E-state index is 14.0. The van der Waals surface area contributed by atoms with Crippen LogP contribution in [0, 0.1) is 44.8 Å². The van der Waals surface area contributed by atoms with Gasteiger partial charge in [-0.05, 0) is 93.3 Å². The Bertz CT molecular complexity index is 995. The smallest absolute Gasteiger partial charge is 0.139 e. The third kappa shape index (κ3) is 2.67. The molecule has 1 heterocycles. The lowest BCUT2D eigenvalue weighted by molar-refractivity contribution is -0.200. The predicted molar refractivity (Wildman–Crippen MR) is 132 cm³/mol. The molecule has 1 aliphatic heterocycles. The molecule has 6 rings (SSSR count). The van der Waals surface area contributed by atoms with E-state index in [0.29, 0.717) is 36.7 Å². The Labute approximate surface area is 210 Å². The van der Waals surface area contributed by atoms with Crippen molar-refractivity contribution >= 4 is 11.6 Å². The van der Waals surface area contributed by atoms with Gasteiger partial charge in [-0.2, -0.15) is 0 Å². The molecule has 5 nitrogen and oxygen atoms in total. The summed E-state index contributed by atoms with van der Waals surface area (Å²) >= 11 is 0. The summed E-state index contributed by atoms with van der Waals surface area (Å²) < 4.78 is 6.59. The van der Waals surface area contributed by atoms with E-state index < -0.39 is 22.7 Å². The van der Waals surface area contributed by atoms with Crippen LogP contribution < -0.4 is 0 Å². The SMILES string of the molecule is CC(C)(O)[C@@H]1CC[C@](C)([C@H]2C(=O)C[C@@]3(C)[C@@H]4C[C@@H](O)[C@H]5C(C)(C)C(=O)CC[C@@]56C[C@@]46CC[C@]23C)O1. The molecular weight excluding hydrogens is 440 g/mol. The Morgan fingerprint density at radius 2 is 1.63 bits per heavy atom. The number of hydrogen-bond acceptors (Lipinski definition) is 5. The minimum atomic E-state index is -0.922. The van der Waals surface area contributed by atoms with Gasteiger partial charge in [-0.3, -0.25) is 9.59 Å². The summed E-state index contributed by atoms with van der Waals surface area (Å²) in [6.45, 7) is 14.5. The normalized spacial score (nSPS) is 56.8. The highest BCUT2D eigenvalue weighted by molar-refractivity contribution is 5.88. The Morgan fingerprint density at radius 1 is 0.943 bits per heavy atom. The number of fused-ring (bicyclic) bond motifs is 2. The summed E-state index contributed by atoms with van der Waals surface area (Å²) in [7, 11) is 0. The third-order valence-electron chi connectivity index (χ3n) is 13.3. The van der Waals surface area contributed by atoms with Gasteiger partial charge in [0.2, 0.25) is 0 Å². The van der Waals surface area contributed by atoms with E-state index in [1.807, 2.05) is 0 Å². The van der Waals surface area contributed by atoms with E-state index in [1.165, 1.54) is 0 Å². The quantitative estimate of drug-likeness (QED) is 0.583. The molecule has 196 valence electrons. The van der Waals surface area contributed by atoms with Crippen LogP contribution in [0.5, 0.6) is 0 Å². The van der Waals surface area contributed by atoms with Gasteiger partial charge >= 0.3 is 0 Å². The van der Waals surface area contributed by atoms with Gasteiger partial charge < -0.3 is 14.9 Å². The van der Waals surface area contributed by atoms with Crippen LogP contribution in [0.15, 0.2) is 0 Å². The monoisotopic (exact) mass is 486 g/mol. The Hall–Kier alpha value is -0.780. The highest BCUT2D eigenvalue weighted by Crippen LogP contribution is 2.88. The number of rotatable bonds is 2. The molecule has 10 atom stereocenters. The molecule has 2 N–H and O–H groups in total. The first-order valence-electron chi connectivity index (χ1n) is 14.1. The second kappa shape index (κ2) is 6.61. The summed E-state index contributed by atoms with van der Waals surface area (Å²) in [5, 5.41) is 22.3. The van der Waals surface area contributed by atoms with Crippen molar-refractivity contribution in [2.45, 2.75) is 130 Å². The van der Waals surface area contributed by atoms with Crippen molar-refractivity contribution in [1.82, 2.24) is 0 Å². The van der Waals surface area contributed by atoms with Crippen molar-refractivity contribution in [3.63, 3.8) is 0 Å². The van der Waals surface area contributed by atoms with E-state index in [1.54, 1.807) is 13.8 Å². The van der Waals surface area contributed by atoms with Gasteiger partial charge in [0.1, 0.15) is 11.6 Å². The predicted octanol–water partition coefficient (Wildman–Crippen LogP) is 4.85. The van der Waals surface area contributed by atoms with Gasteiger partial charge in [0.15, 0.2) is 0 Å². The van der Waals surface area contributed by atoms with Crippen LogP contribution in [0.1, 0.15) is 106 Å². The molecule has 0 unspecified atom stereocenters. The van der Waals surface area contributed by atoms with Crippen molar-refractivity contribution in [3.05, 3.63) is 0 Å². The summed E-state index contributed by atoms with van der Waals surface area (Å²) in [6.07, 6.45) is 6.84. The lowest BCUT2D eigenvalue weighted by Crippen LogP contribution is -2.61. The number of carbonyl (C=O) groups is 2. The number of ketones is 2. The van der Waals surface area contributed by atoms with Crippen molar-refractivity contribution in [3.8, 4) is 0 Å².